The molecule has 0 amide bonds. The summed E-state index contributed by atoms with van der Waals surface area (Å²) in [6, 6.07) is 0.487. The van der Waals surface area contributed by atoms with E-state index in [9.17, 15) is 0 Å². The molecule has 2 aliphatic heterocycles. The molecule has 2 aromatic rings. The summed E-state index contributed by atoms with van der Waals surface area (Å²) < 4.78 is 13.3. The van der Waals surface area contributed by atoms with Gasteiger partial charge >= 0.3 is 0 Å². The Labute approximate surface area is 129 Å². The van der Waals surface area contributed by atoms with Crippen LogP contribution in [0.15, 0.2) is 16.9 Å². The molecule has 0 spiro atoms. The van der Waals surface area contributed by atoms with Crippen molar-refractivity contribution in [3.8, 4) is 0 Å². The van der Waals surface area contributed by atoms with Crippen molar-refractivity contribution < 1.29 is 9.26 Å². The van der Waals surface area contributed by atoms with Crippen LogP contribution in [-0.4, -0.2) is 43.5 Å². The van der Waals surface area contributed by atoms with Gasteiger partial charge < -0.3 is 9.26 Å². The van der Waals surface area contributed by atoms with Crippen LogP contribution in [0.5, 0.6) is 0 Å². The highest BCUT2D eigenvalue weighted by Crippen LogP contribution is 2.37. The van der Waals surface area contributed by atoms with Crippen LogP contribution in [-0.2, 0) is 18.3 Å². The second kappa shape index (κ2) is 5.48. The van der Waals surface area contributed by atoms with Crippen LogP contribution in [0.1, 0.15) is 42.6 Å². The van der Waals surface area contributed by atoms with Crippen LogP contribution < -0.4 is 0 Å². The third kappa shape index (κ3) is 2.55. The normalized spacial score (nSPS) is 28.9. The molecule has 2 aromatic heterocycles. The molecule has 0 aromatic carbocycles. The van der Waals surface area contributed by atoms with E-state index < -0.39 is 0 Å². The van der Waals surface area contributed by atoms with E-state index in [-0.39, 0.29) is 12.2 Å². The molecule has 118 valence electrons. The third-order valence-corrected chi connectivity index (χ3v) is 4.63. The Morgan fingerprint density at radius 3 is 2.95 bits per heavy atom. The fraction of sp³-hybridized carbons (Fsp3) is 0.667. The summed E-state index contributed by atoms with van der Waals surface area (Å²) in [5.74, 6) is 1.30. The minimum Gasteiger partial charge on any atom is -0.363 e. The molecule has 4 heterocycles. The minimum absolute atomic E-state index is 0.0409. The zero-order valence-corrected chi connectivity index (χ0v) is 13.0. The number of likely N-dealkylation sites (tertiary alicyclic amines) is 1. The van der Waals surface area contributed by atoms with Gasteiger partial charge in [-0.25, -0.2) is 0 Å². The number of hydrogen-bond donors (Lipinski definition) is 0. The van der Waals surface area contributed by atoms with Crippen LogP contribution in [0, 0.1) is 6.92 Å². The Kier molecular flexibility index (Phi) is 3.46. The first kappa shape index (κ1) is 13.9. The van der Waals surface area contributed by atoms with Gasteiger partial charge in [0.25, 0.3) is 5.89 Å². The van der Waals surface area contributed by atoms with Gasteiger partial charge in [0, 0.05) is 37.9 Å². The van der Waals surface area contributed by atoms with Gasteiger partial charge in [-0.15, -0.1) is 0 Å². The maximum absolute atomic E-state index is 6.22. The van der Waals surface area contributed by atoms with Crippen LogP contribution in [0.2, 0.25) is 0 Å². The van der Waals surface area contributed by atoms with Gasteiger partial charge in [0.15, 0.2) is 5.82 Å². The Morgan fingerprint density at radius 2 is 2.23 bits per heavy atom. The second-order valence-corrected chi connectivity index (χ2v) is 6.27. The van der Waals surface area contributed by atoms with Crippen molar-refractivity contribution in [3.05, 3.63) is 29.7 Å². The van der Waals surface area contributed by atoms with Gasteiger partial charge in [-0.1, -0.05) is 5.16 Å². The smallest absolute Gasteiger partial charge is 0.255 e. The lowest BCUT2D eigenvalue weighted by Crippen LogP contribution is -2.40. The van der Waals surface area contributed by atoms with Gasteiger partial charge in [-0.2, -0.15) is 10.1 Å². The molecule has 0 bridgehead atoms. The molecule has 0 radical (unpaired) electrons. The van der Waals surface area contributed by atoms with Crippen molar-refractivity contribution in [3.63, 3.8) is 0 Å². The molecule has 0 aliphatic carbocycles. The van der Waals surface area contributed by atoms with E-state index in [1.165, 1.54) is 5.56 Å². The average Bonchev–Trinajstić information content (AvgIpc) is 3.21. The van der Waals surface area contributed by atoms with E-state index in [2.05, 4.69) is 26.3 Å². The number of aromatic nitrogens is 4. The highest BCUT2D eigenvalue weighted by molar-refractivity contribution is 5.06. The Balaban J connectivity index is 1.41. The summed E-state index contributed by atoms with van der Waals surface area (Å²) in [7, 11) is 1.96. The summed E-state index contributed by atoms with van der Waals surface area (Å²) in [6.45, 7) is 3.85. The van der Waals surface area contributed by atoms with E-state index in [1.807, 2.05) is 24.9 Å². The number of aryl methyl sites for hydroxylation is 2. The lowest BCUT2D eigenvalue weighted by Gasteiger charge is -2.34. The predicted octanol–water partition coefficient (Wildman–Crippen LogP) is 1.61. The van der Waals surface area contributed by atoms with Gasteiger partial charge in [0.2, 0.25) is 0 Å². The third-order valence-electron chi connectivity index (χ3n) is 4.63. The van der Waals surface area contributed by atoms with Crippen LogP contribution in [0.3, 0.4) is 0 Å². The first-order valence-corrected chi connectivity index (χ1v) is 7.86. The molecule has 7 nitrogen and oxygen atoms in total. The number of rotatable bonds is 3. The molecule has 0 saturated carbocycles. The van der Waals surface area contributed by atoms with Gasteiger partial charge in [0.1, 0.15) is 6.10 Å². The second-order valence-electron chi connectivity index (χ2n) is 6.27. The van der Waals surface area contributed by atoms with Gasteiger partial charge in [-0.3, -0.25) is 9.58 Å². The number of hydrogen-bond acceptors (Lipinski definition) is 6. The largest absolute Gasteiger partial charge is 0.363 e. The van der Waals surface area contributed by atoms with E-state index in [0.29, 0.717) is 17.8 Å². The van der Waals surface area contributed by atoms with Crippen molar-refractivity contribution in [2.45, 2.75) is 51.0 Å². The van der Waals surface area contributed by atoms with Crippen molar-refractivity contribution in [2.24, 2.45) is 7.05 Å². The van der Waals surface area contributed by atoms with E-state index >= 15 is 0 Å². The van der Waals surface area contributed by atoms with E-state index in [4.69, 9.17) is 9.26 Å². The van der Waals surface area contributed by atoms with Crippen LogP contribution in [0.4, 0.5) is 0 Å². The first-order valence-electron chi connectivity index (χ1n) is 7.86. The summed E-state index contributed by atoms with van der Waals surface area (Å²) >= 11 is 0. The number of fused-ring (bicyclic) bond motifs is 1. The monoisotopic (exact) mass is 303 g/mol. The molecule has 7 heteroatoms. The molecule has 4 rings (SSSR count). The molecular formula is C15H21N5O2. The topological polar surface area (TPSA) is 69.2 Å². The molecule has 22 heavy (non-hydrogen) atoms. The fourth-order valence-electron chi connectivity index (χ4n) is 3.62. The molecule has 2 fully saturated rings. The zero-order chi connectivity index (χ0) is 15.1. The number of nitrogens with zero attached hydrogens (tertiary/aromatic N) is 5. The predicted molar refractivity (Wildman–Crippen MR) is 77.9 cm³/mol. The van der Waals surface area contributed by atoms with E-state index in [0.717, 1.165) is 32.4 Å². The lowest BCUT2D eigenvalue weighted by molar-refractivity contribution is -0.0831. The van der Waals surface area contributed by atoms with Crippen molar-refractivity contribution >= 4 is 0 Å². The molecular weight excluding hydrogens is 282 g/mol. The highest BCUT2D eigenvalue weighted by atomic mass is 16.5. The van der Waals surface area contributed by atoms with Crippen molar-refractivity contribution in [2.75, 3.05) is 6.54 Å². The Hall–Kier alpha value is -1.73. The summed E-state index contributed by atoms with van der Waals surface area (Å²) in [5.41, 5.74) is 1.26. The summed E-state index contributed by atoms with van der Waals surface area (Å²) in [4.78, 5) is 6.82. The maximum atomic E-state index is 6.22. The fourth-order valence-corrected chi connectivity index (χ4v) is 3.62. The van der Waals surface area contributed by atoms with E-state index in [1.54, 1.807) is 0 Å². The lowest BCUT2D eigenvalue weighted by atomic mass is 9.99. The van der Waals surface area contributed by atoms with Crippen molar-refractivity contribution in [1.29, 1.82) is 0 Å². The molecule has 0 unspecified atom stereocenters. The Bertz CT molecular complexity index is 652. The van der Waals surface area contributed by atoms with Gasteiger partial charge in [0.05, 0.1) is 12.3 Å². The quantitative estimate of drug-likeness (QED) is 0.858. The first-order chi connectivity index (χ1) is 10.7. The zero-order valence-electron chi connectivity index (χ0n) is 13.0. The summed E-state index contributed by atoms with van der Waals surface area (Å²) in [6.07, 6.45) is 7.36. The van der Waals surface area contributed by atoms with Crippen LogP contribution in [0.25, 0.3) is 0 Å². The molecule has 0 N–H and O–H groups in total. The van der Waals surface area contributed by atoms with Crippen LogP contribution >= 0.6 is 0 Å². The molecule has 2 saturated heterocycles. The van der Waals surface area contributed by atoms with Crippen molar-refractivity contribution in [1.82, 2.24) is 24.8 Å². The standard InChI is InChI=1S/C15H21N5O2/c1-10-17-15(22-18-10)14-4-3-12-13(21-14)5-6-20(12)9-11-7-16-19(2)8-11/h7-8,12-14H,3-6,9H2,1-2H3/t12-,13-,14-/m1/s1. The number of ether oxygens (including phenoxy) is 1. The minimum atomic E-state index is -0.0409. The Morgan fingerprint density at radius 1 is 1.32 bits per heavy atom. The summed E-state index contributed by atoms with van der Waals surface area (Å²) in [5, 5.41) is 8.11. The highest BCUT2D eigenvalue weighted by Gasteiger charge is 2.41. The molecule has 2 aliphatic rings. The van der Waals surface area contributed by atoms with Gasteiger partial charge in [-0.05, 0) is 26.2 Å². The molecule has 3 atom stereocenters. The SMILES string of the molecule is Cc1noc([C@H]2CC[C@@H]3[C@@H](CCN3Cc3cnn(C)c3)O2)n1. The average molecular weight is 303 g/mol. The maximum Gasteiger partial charge on any atom is 0.255 e.